The number of furan rings is 1. The van der Waals surface area contributed by atoms with E-state index in [0.29, 0.717) is 23.3 Å². The number of amides is 2. The minimum atomic E-state index is -0.308. The molecule has 1 aliphatic carbocycles. The lowest BCUT2D eigenvalue weighted by Gasteiger charge is -2.13. The molecule has 0 radical (unpaired) electrons. The topological polar surface area (TPSA) is 97.9 Å². The zero-order chi connectivity index (χ0) is 19.8. The summed E-state index contributed by atoms with van der Waals surface area (Å²) in [6, 6.07) is 17.0. The number of para-hydroxylation sites is 1. The number of benzene rings is 2. The number of tetrazole rings is 1. The van der Waals surface area contributed by atoms with Gasteiger partial charge in [0, 0.05) is 16.6 Å². The van der Waals surface area contributed by atoms with Crippen LogP contribution in [0.5, 0.6) is 0 Å². The van der Waals surface area contributed by atoms with Crippen molar-refractivity contribution in [1.82, 2.24) is 25.5 Å². The van der Waals surface area contributed by atoms with Crippen LogP contribution in [0.3, 0.4) is 0 Å². The highest BCUT2D eigenvalue weighted by Gasteiger charge is 2.28. The first kappa shape index (κ1) is 17.4. The van der Waals surface area contributed by atoms with Gasteiger partial charge in [-0.05, 0) is 54.5 Å². The predicted molar refractivity (Wildman–Crippen MR) is 108 cm³/mol. The highest BCUT2D eigenvalue weighted by atomic mass is 16.3. The molecule has 2 heterocycles. The maximum absolute atomic E-state index is 12.5. The van der Waals surface area contributed by atoms with Gasteiger partial charge in [-0.15, -0.1) is 5.10 Å². The molecule has 0 saturated heterocycles. The Kier molecular flexibility index (Phi) is 4.23. The van der Waals surface area contributed by atoms with Crippen LogP contribution in [-0.4, -0.2) is 26.2 Å². The summed E-state index contributed by atoms with van der Waals surface area (Å²) in [6.45, 7) is 1.89. The number of anilines is 1. The Balaban J connectivity index is 1.28. The molecule has 1 atom stereocenters. The van der Waals surface area contributed by atoms with Gasteiger partial charge in [0.05, 0.1) is 12.1 Å². The second-order valence-corrected chi connectivity index (χ2v) is 7.27. The molecular formula is C21H20N6O2. The zero-order valence-electron chi connectivity index (χ0n) is 15.9. The number of fused-ring (bicyclic) bond motifs is 1. The highest BCUT2D eigenvalue weighted by molar-refractivity contribution is 5.90. The minimum Gasteiger partial charge on any atom is -0.459 e. The number of hydrogen-bond donors (Lipinski definition) is 2. The van der Waals surface area contributed by atoms with Crippen molar-refractivity contribution in [3.63, 3.8) is 0 Å². The van der Waals surface area contributed by atoms with Gasteiger partial charge in [-0.2, -0.15) is 0 Å². The van der Waals surface area contributed by atoms with Crippen molar-refractivity contribution in [3.05, 3.63) is 60.4 Å². The predicted octanol–water partition coefficient (Wildman–Crippen LogP) is 4.30. The Hall–Kier alpha value is -3.68. The van der Waals surface area contributed by atoms with E-state index in [4.69, 9.17) is 4.42 Å². The molecule has 1 aliphatic rings. The summed E-state index contributed by atoms with van der Waals surface area (Å²) in [5.41, 5.74) is 2.34. The standard InChI is InChI=1S/C21H20N6O2/c1-13(19-12-14-5-2-3-8-18(14)29-19)22-21(28)23-16-7-4-6-15(11-16)20-24-25-26-27(20)17-9-10-17/h2-8,11-13,17H,9-10H2,1H3,(H2,22,23,28)/t13-/m0/s1. The summed E-state index contributed by atoms with van der Waals surface area (Å²) in [4.78, 5) is 12.5. The lowest BCUT2D eigenvalue weighted by Crippen LogP contribution is -2.30. The van der Waals surface area contributed by atoms with Crippen molar-refractivity contribution in [2.75, 3.05) is 5.32 Å². The van der Waals surface area contributed by atoms with Crippen LogP contribution in [0.2, 0.25) is 0 Å². The average molecular weight is 388 g/mol. The monoisotopic (exact) mass is 388 g/mol. The van der Waals surface area contributed by atoms with E-state index in [1.54, 1.807) is 0 Å². The van der Waals surface area contributed by atoms with Crippen LogP contribution < -0.4 is 10.6 Å². The molecule has 0 aliphatic heterocycles. The molecule has 2 N–H and O–H groups in total. The molecule has 1 saturated carbocycles. The summed E-state index contributed by atoms with van der Waals surface area (Å²) in [5.74, 6) is 1.42. The first-order valence-electron chi connectivity index (χ1n) is 9.62. The zero-order valence-corrected chi connectivity index (χ0v) is 15.9. The molecule has 29 heavy (non-hydrogen) atoms. The average Bonchev–Trinajstić information content (AvgIpc) is 3.27. The van der Waals surface area contributed by atoms with E-state index in [-0.39, 0.29) is 12.1 Å². The maximum atomic E-state index is 12.5. The summed E-state index contributed by atoms with van der Waals surface area (Å²) >= 11 is 0. The number of nitrogens with one attached hydrogen (secondary N) is 2. The molecule has 2 amide bonds. The van der Waals surface area contributed by atoms with Gasteiger partial charge in [0.25, 0.3) is 0 Å². The Morgan fingerprint density at radius 1 is 1.17 bits per heavy atom. The number of rotatable bonds is 5. The van der Waals surface area contributed by atoms with Crippen LogP contribution in [-0.2, 0) is 0 Å². The minimum absolute atomic E-state index is 0.271. The van der Waals surface area contributed by atoms with Crippen LogP contribution in [0.4, 0.5) is 10.5 Å². The molecule has 0 spiro atoms. The van der Waals surface area contributed by atoms with Crippen molar-refractivity contribution in [3.8, 4) is 11.4 Å². The molecule has 5 rings (SSSR count). The summed E-state index contributed by atoms with van der Waals surface area (Å²) in [7, 11) is 0. The summed E-state index contributed by atoms with van der Waals surface area (Å²) < 4.78 is 7.67. The second kappa shape index (κ2) is 7.05. The molecule has 0 unspecified atom stereocenters. The Morgan fingerprint density at radius 3 is 2.86 bits per heavy atom. The quantitative estimate of drug-likeness (QED) is 0.531. The van der Waals surface area contributed by atoms with E-state index in [0.717, 1.165) is 29.4 Å². The molecule has 2 aromatic heterocycles. The SMILES string of the molecule is C[C@H](NC(=O)Nc1cccc(-c2nnnn2C2CC2)c1)c1cc2ccccc2o1. The van der Waals surface area contributed by atoms with Gasteiger partial charge >= 0.3 is 6.03 Å². The molecule has 8 nitrogen and oxygen atoms in total. The van der Waals surface area contributed by atoms with Crippen LogP contribution in [0.25, 0.3) is 22.4 Å². The third-order valence-corrected chi connectivity index (χ3v) is 4.98. The van der Waals surface area contributed by atoms with Gasteiger partial charge in [0.15, 0.2) is 5.82 Å². The maximum Gasteiger partial charge on any atom is 0.319 e. The van der Waals surface area contributed by atoms with Crippen molar-refractivity contribution in [1.29, 1.82) is 0 Å². The molecule has 8 heteroatoms. The third kappa shape index (κ3) is 3.56. The van der Waals surface area contributed by atoms with Gasteiger partial charge in [-0.3, -0.25) is 0 Å². The lowest BCUT2D eigenvalue weighted by molar-refractivity contribution is 0.248. The number of hydrogen-bond acceptors (Lipinski definition) is 5. The Labute approximate surface area is 166 Å². The van der Waals surface area contributed by atoms with Gasteiger partial charge in [0.1, 0.15) is 11.3 Å². The van der Waals surface area contributed by atoms with E-state index < -0.39 is 0 Å². The van der Waals surface area contributed by atoms with Crippen LogP contribution >= 0.6 is 0 Å². The fourth-order valence-corrected chi connectivity index (χ4v) is 3.34. The van der Waals surface area contributed by atoms with Gasteiger partial charge in [-0.25, -0.2) is 9.48 Å². The second-order valence-electron chi connectivity index (χ2n) is 7.27. The fourth-order valence-electron chi connectivity index (χ4n) is 3.34. The number of nitrogens with zero attached hydrogens (tertiary/aromatic N) is 4. The van der Waals surface area contributed by atoms with Gasteiger partial charge in [0.2, 0.25) is 0 Å². The summed E-state index contributed by atoms with van der Waals surface area (Å²) in [5, 5.41) is 18.8. The number of carbonyl (C=O) groups excluding carboxylic acids is 1. The van der Waals surface area contributed by atoms with Crippen molar-refractivity contribution in [2.24, 2.45) is 0 Å². The van der Waals surface area contributed by atoms with Crippen molar-refractivity contribution < 1.29 is 9.21 Å². The third-order valence-electron chi connectivity index (χ3n) is 4.98. The van der Waals surface area contributed by atoms with Crippen molar-refractivity contribution >= 4 is 22.7 Å². The van der Waals surface area contributed by atoms with E-state index >= 15 is 0 Å². The first-order valence-corrected chi connectivity index (χ1v) is 9.62. The molecule has 0 bridgehead atoms. The summed E-state index contributed by atoms with van der Waals surface area (Å²) in [6.07, 6.45) is 2.19. The Bertz CT molecular complexity index is 1140. The number of aromatic nitrogens is 4. The molecule has 1 fully saturated rings. The molecule has 146 valence electrons. The van der Waals surface area contributed by atoms with Crippen LogP contribution in [0, 0.1) is 0 Å². The largest absolute Gasteiger partial charge is 0.459 e. The van der Waals surface area contributed by atoms with E-state index in [9.17, 15) is 4.79 Å². The molecule has 4 aromatic rings. The normalized spacial score (nSPS) is 14.7. The van der Waals surface area contributed by atoms with Gasteiger partial charge in [-0.1, -0.05) is 30.3 Å². The highest BCUT2D eigenvalue weighted by Crippen LogP contribution is 2.36. The van der Waals surface area contributed by atoms with E-state index in [1.807, 2.05) is 66.2 Å². The lowest BCUT2D eigenvalue weighted by atomic mass is 10.2. The first-order chi connectivity index (χ1) is 14.2. The van der Waals surface area contributed by atoms with Gasteiger partial charge < -0.3 is 15.1 Å². The van der Waals surface area contributed by atoms with Crippen molar-refractivity contribution in [2.45, 2.75) is 31.8 Å². The van der Waals surface area contributed by atoms with Crippen LogP contribution in [0.15, 0.2) is 59.0 Å². The number of urea groups is 1. The smallest absolute Gasteiger partial charge is 0.319 e. The van der Waals surface area contributed by atoms with E-state index in [2.05, 4.69) is 26.2 Å². The molecular weight excluding hydrogens is 368 g/mol. The van der Waals surface area contributed by atoms with Crippen LogP contribution in [0.1, 0.15) is 37.6 Å². The fraction of sp³-hybridized carbons (Fsp3) is 0.238. The Morgan fingerprint density at radius 2 is 2.03 bits per heavy atom. The van der Waals surface area contributed by atoms with E-state index in [1.165, 1.54) is 0 Å². The molecule has 2 aromatic carbocycles. The number of carbonyl (C=O) groups is 1.